The lowest BCUT2D eigenvalue weighted by Gasteiger charge is -2.36. The van der Waals surface area contributed by atoms with Gasteiger partial charge in [0.2, 0.25) is 5.13 Å². The standard InChI is InChI=1S/C19H22ClN3S/c1-11-15-8-13(19(11,2)3)9-16(15)22-23-18-21-17(10-24-18)12-4-6-14(20)7-5-12/h4-7,10-11,13,15H,8-9H2,1-3H3,(H,21,23)/b22-16+/t11-,13+,15+/m0/s1. The van der Waals surface area contributed by atoms with E-state index in [1.54, 1.807) is 11.3 Å². The third-order valence-corrected chi connectivity index (χ3v) is 7.19. The molecule has 1 N–H and O–H groups in total. The molecule has 3 nitrogen and oxygen atoms in total. The molecule has 2 bridgehead atoms. The molecule has 0 amide bonds. The average Bonchev–Trinajstić information content (AvgIpc) is 3.23. The van der Waals surface area contributed by atoms with Gasteiger partial charge < -0.3 is 0 Å². The van der Waals surface area contributed by atoms with Crippen LogP contribution in [0.1, 0.15) is 33.6 Å². The zero-order valence-corrected chi connectivity index (χ0v) is 15.8. The Labute approximate surface area is 152 Å². The van der Waals surface area contributed by atoms with Crippen molar-refractivity contribution in [2.75, 3.05) is 5.43 Å². The molecule has 2 aliphatic carbocycles. The predicted octanol–water partition coefficient (Wildman–Crippen LogP) is 5.93. The maximum absolute atomic E-state index is 5.94. The minimum Gasteiger partial charge on any atom is -0.253 e. The molecule has 2 saturated carbocycles. The quantitative estimate of drug-likeness (QED) is 0.689. The minimum absolute atomic E-state index is 0.451. The second kappa shape index (κ2) is 5.85. The second-order valence-corrected chi connectivity index (χ2v) is 8.91. The molecule has 3 atom stereocenters. The first-order chi connectivity index (χ1) is 11.4. The van der Waals surface area contributed by atoms with Gasteiger partial charge in [-0.3, -0.25) is 5.43 Å². The number of thiazole rings is 1. The monoisotopic (exact) mass is 359 g/mol. The van der Waals surface area contributed by atoms with Crippen LogP contribution in [0.2, 0.25) is 5.02 Å². The first-order valence-corrected chi connectivity index (χ1v) is 9.75. The van der Waals surface area contributed by atoms with Crippen molar-refractivity contribution in [3.05, 3.63) is 34.7 Å². The van der Waals surface area contributed by atoms with Gasteiger partial charge in [-0.1, -0.05) is 44.5 Å². The van der Waals surface area contributed by atoms with Gasteiger partial charge in [0.1, 0.15) is 0 Å². The van der Waals surface area contributed by atoms with Crippen LogP contribution >= 0.6 is 22.9 Å². The highest BCUT2D eigenvalue weighted by atomic mass is 35.5. The zero-order chi connectivity index (χ0) is 16.9. The highest BCUT2D eigenvalue weighted by Gasteiger charge is 2.53. The zero-order valence-electron chi connectivity index (χ0n) is 14.2. The Bertz CT molecular complexity index is 774. The normalized spacial score (nSPS) is 29.3. The van der Waals surface area contributed by atoms with Gasteiger partial charge in [-0.2, -0.15) is 5.10 Å². The van der Waals surface area contributed by atoms with E-state index in [9.17, 15) is 0 Å². The molecule has 1 aromatic carbocycles. The van der Waals surface area contributed by atoms with E-state index in [1.165, 1.54) is 12.1 Å². The van der Waals surface area contributed by atoms with Gasteiger partial charge in [-0.15, -0.1) is 11.3 Å². The molecule has 4 rings (SSSR count). The molecule has 0 spiro atoms. The van der Waals surface area contributed by atoms with E-state index < -0.39 is 0 Å². The van der Waals surface area contributed by atoms with Gasteiger partial charge in [0.25, 0.3) is 0 Å². The summed E-state index contributed by atoms with van der Waals surface area (Å²) in [4.78, 5) is 4.64. The van der Waals surface area contributed by atoms with Crippen LogP contribution < -0.4 is 5.43 Å². The lowest BCUT2D eigenvalue weighted by molar-refractivity contribution is 0.182. The summed E-state index contributed by atoms with van der Waals surface area (Å²) in [6, 6.07) is 7.77. The molecule has 2 aliphatic rings. The van der Waals surface area contributed by atoms with Gasteiger partial charge in [-0.05, 0) is 42.2 Å². The Morgan fingerprint density at radius 2 is 2.04 bits per heavy atom. The molecule has 0 aliphatic heterocycles. The summed E-state index contributed by atoms with van der Waals surface area (Å²) in [6.45, 7) is 7.19. The van der Waals surface area contributed by atoms with Crippen molar-refractivity contribution in [1.82, 2.24) is 4.98 Å². The summed E-state index contributed by atoms with van der Waals surface area (Å²) in [5.41, 5.74) is 7.01. The van der Waals surface area contributed by atoms with Crippen molar-refractivity contribution in [2.45, 2.75) is 33.6 Å². The van der Waals surface area contributed by atoms with Crippen molar-refractivity contribution in [3.63, 3.8) is 0 Å². The molecule has 2 fully saturated rings. The Balaban J connectivity index is 1.47. The average molecular weight is 360 g/mol. The van der Waals surface area contributed by atoms with Crippen LogP contribution in [0.4, 0.5) is 5.13 Å². The largest absolute Gasteiger partial charge is 0.253 e. The fraction of sp³-hybridized carbons (Fsp3) is 0.474. The van der Waals surface area contributed by atoms with Crippen molar-refractivity contribution < 1.29 is 0 Å². The molecular weight excluding hydrogens is 338 g/mol. The Morgan fingerprint density at radius 1 is 1.29 bits per heavy atom. The molecule has 24 heavy (non-hydrogen) atoms. The fourth-order valence-corrected chi connectivity index (χ4v) is 4.99. The first-order valence-electron chi connectivity index (χ1n) is 8.49. The number of rotatable bonds is 3. The number of nitrogens with zero attached hydrogens (tertiary/aromatic N) is 2. The highest BCUT2D eigenvalue weighted by Crippen LogP contribution is 2.57. The molecule has 0 radical (unpaired) electrons. The topological polar surface area (TPSA) is 37.3 Å². The van der Waals surface area contributed by atoms with Crippen LogP contribution in [0, 0.1) is 23.2 Å². The van der Waals surface area contributed by atoms with E-state index in [-0.39, 0.29) is 0 Å². The molecule has 0 saturated heterocycles. The Kier molecular flexibility index (Phi) is 3.92. The fourth-order valence-electron chi connectivity index (χ4n) is 4.21. The van der Waals surface area contributed by atoms with Gasteiger partial charge in [-0.25, -0.2) is 4.98 Å². The first kappa shape index (κ1) is 16.1. The number of hydrazone groups is 1. The third kappa shape index (κ3) is 2.66. The van der Waals surface area contributed by atoms with E-state index in [0.29, 0.717) is 17.3 Å². The van der Waals surface area contributed by atoms with Crippen molar-refractivity contribution >= 4 is 33.8 Å². The van der Waals surface area contributed by atoms with Gasteiger partial charge in [0.15, 0.2) is 0 Å². The summed E-state index contributed by atoms with van der Waals surface area (Å²) in [6.07, 6.45) is 2.42. The maximum Gasteiger partial charge on any atom is 0.203 e. The molecule has 1 heterocycles. The predicted molar refractivity (Wildman–Crippen MR) is 103 cm³/mol. The number of hydrogen-bond donors (Lipinski definition) is 1. The van der Waals surface area contributed by atoms with Crippen LogP contribution in [-0.4, -0.2) is 10.7 Å². The van der Waals surface area contributed by atoms with E-state index in [2.05, 4.69) is 36.6 Å². The minimum atomic E-state index is 0.451. The van der Waals surface area contributed by atoms with Crippen LogP contribution in [0.25, 0.3) is 11.3 Å². The Morgan fingerprint density at radius 3 is 2.71 bits per heavy atom. The van der Waals surface area contributed by atoms with Crippen LogP contribution in [-0.2, 0) is 0 Å². The summed E-state index contributed by atoms with van der Waals surface area (Å²) in [5, 5.41) is 8.35. The maximum atomic E-state index is 5.94. The lowest BCUT2D eigenvalue weighted by Crippen LogP contribution is -2.33. The smallest absolute Gasteiger partial charge is 0.203 e. The van der Waals surface area contributed by atoms with Crippen molar-refractivity contribution in [3.8, 4) is 11.3 Å². The second-order valence-electron chi connectivity index (χ2n) is 7.61. The van der Waals surface area contributed by atoms with Crippen molar-refractivity contribution in [2.24, 2.45) is 28.3 Å². The highest BCUT2D eigenvalue weighted by molar-refractivity contribution is 7.14. The number of fused-ring (bicyclic) bond motifs is 2. The molecule has 5 heteroatoms. The molecule has 126 valence electrons. The van der Waals surface area contributed by atoms with Gasteiger partial charge in [0.05, 0.1) is 5.69 Å². The molecule has 0 unspecified atom stereocenters. The SMILES string of the molecule is C[C@H]1[C@H]2C[C@H](C/C2=N\Nc2nc(-c3ccc(Cl)cc3)cs2)C1(C)C. The summed E-state index contributed by atoms with van der Waals surface area (Å²) >= 11 is 7.53. The Hall–Kier alpha value is -1.39. The molecule has 1 aromatic heterocycles. The summed E-state index contributed by atoms with van der Waals surface area (Å²) in [7, 11) is 0. The molecular formula is C19H22ClN3S. The summed E-state index contributed by atoms with van der Waals surface area (Å²) in [5.74, 6) is 2.12. The number of halogens is 1. The van der Waals surface area contributed by atoms with E-state index in [0.717, 1.165) is 33.8 Å². The summed E-state index contributed by atoms with van der Waals surface area (Å²) < 4.78 is 0. The number of anilines is 1. The van der Waals surface area contributed by atoms with Crippen LogP contribution in [0.15, 0.2) is 34.7 Å². The van der Waals surface area contributed by atoms with E-state index in [1.807, 2.05) is 24.3 Å². The number of hydrogen-bond acceptors (Lipinski definition) is 4. The molecule has 2 aromatic rings. The van der Waals surface area contributed by atoms with Crippen molar-refractivity contribution in [1.29, 1.82) is 0 Å². The lowest BCUT2D eigenvalue weighted by atomic mass is 9.69. The third-order valence-electron chi connectivity index (χ3n) is 6.19. The number of aromatic nitrogens is 1. The van der Waals surface area contributed by atoms with Gasteiger partial charge >= 0.3 is 0 Å². The number of nitrogens with one attached hydrogen (secondary N) is 1. The van der Waals surface area contributed by atoms with Gasteiger partial charge in [0, 0.05) is 27.6 Å². The van der Waals surface area contributed by atoms with E-state index in [4.69, 9.17) is 16.7 Å². The van der Waals surface area contributed by atoms with Crippen LogP contribution in [0.3, 0.4) is 0 Å². The number of benzene rings is 1. The van der Waals surface area contributed by atoms with Crippen LogP contribution in [0.5, 0.6) is 0 Å². The van der Waals surface area contributed by atoms with E-state index >= 15 is 0 Å².